The largest absolute Gasteiger partial charge is 0.496 e. The Morgan fingerprint density at radius 3 is 2.92 bits per heavy atom. The van der Waals surface area contributed by atoms with Gasteiger partial charge in [0.15, 0.2) is 0 Å². The van der Waals surface area contributed by atoms with E-state index in [1.54, 1.807) is 7.11 Å². The van der Waals surface area contributed by atoms with Crippen LogP contribution in [0.1, 0.15) is 37.7 Å². The first-order valence-corrected chi connectivity index (χ1v) is 9.46. The van der Waals surface area contributed by atoms with Crippen molar-refractivity contribution < 1.29 is 9.53 Å². The Morgan fingerprint density at radius 2 is 2.12 bits per heavy atom. The first-order chi connectivity index (χ1) is 12.1. The molecule has 0 bridgehead atoms. The predicted octanol–water partition coefficient (Wildman–Crippen LogP) is 2.92. The van der Waals surface area contributed by atoms with Crippen LogP contribution in [0.25, 0.3) is 0 Å². The zero-order valence-corrected chi connectivity index (χ0v) is 15.7. The van der Waals surface area contributed by atoms with Gasteiger partial charge in [-0.1, -0.05) is 25.1 Å². The molecule has 0 unspecified atom stereocenters. The predicted molar refractivity (Wildman–Crippen MR) is 100 cm³/mol. The summed E-state index contributed by atoms with van der Waals surface area (Å²) >= 11 is 0. The number of fused-ring (bicyclic) bond motifs is 1. The number of hydrogen-bond donors (Lipinski definition) is 1. The Morgan fingerprint density at radius 1 is 1.32 bits per heavy atom. The molecular weight excluding hydrogens is 314 g/mol. The summed E-state index contributed by atoms with van der Waals surface area (Å²) in [4.78, 5) is 17.3. The average Bonchev–Trinajstić information content (AvgIpc) is 2.65. The molecule has 138 valence electrons. The molecule has 2 fully saturated rings. The quantitative estimate of drug-likeness (QED) is 0.912. The minimum absolute atomic E-state index is 0.0981. The van der Waals surface area contributed by atoms with E-state index in [9.17, 15) is 4.79 Å². The highest BCUT2D eigenvalue weighted by Gasteiger charge is 2.37. The maximum Gasteiger partial charge on any atom is 0.317 e. The Labute approximate surface area is 151 Å². The zero-order valence-electron chi connectivity index (χ0n) is 15.7. The molecule has 3 atom stereocenters. The van der Waals surface area contributed by atoms with Crippen molar-refractivity contribution in [3.63, 3.8) is 0 Å². The van der Waals surface area contributed by atoms with Crippen LogP contribution in [0.5, 0.6) is 5.75 Å². The molecule has 0 spiro atoms. The second kappa shape index (κ2) is 8.09. The lowest BCUT2D eigenvalue weighted by Gasteiger charge is -2.46. The normalized spacial score (nSPS) is 25.2. The molecular formula is C20H31N3O2. The second-order valence-electron chi connectivity index (χ2n) is 7.54. The number of piperidine rings is 2. The van der Waals surface area contributed by atoms with Gasteiger partial charge in [-0.05, 0) is 50.4 Å². The number of nitrogens with zero attached hydrogens (tertiary/aromatic N) is 2. The van der Waals surface area contributed by atoms with E-state index in [2.05, 4.69) is 35.2 Å². The molecule has 0 radical (unpaired) electrons. The van der Waals surface area contributed by atoms with Gasteiger partial charge >= 0.3 is 6.03 Å². The van der Waals surface area contributed by atoms with Gasteiger partial charge in [0.1, 0.15) is 5.75 Å². The third-order valence-corrected chi connectivity index (χ3v) is 5.76. The topological polar surface area (TPSA) is 44.8 Å². The van der Waals surface area contributed by atoms with E-state index >= 15 is 0 Å². The summed E-state index contributed by atoms with van der Waals surface area (Å²) in [6, 6.07) is 8.55. The van der Waals surface area contributed by atoms with Gasteiger partial charge in [-0.3, -0.25) is 0 Å². The summed E-state index contributed by atoms with van der Waals surface area (Å²) in [5, 5.41) is 3.16. The van der Waals surface area contributed by atoms with Crippen LogP contribution >= 0.6 is 0 Å². The van der Waals surface area contributed by atoms with Gasteiger partial charge < -0.3 is 19.9 Å². The highest BCUT2D eigenvalue weighted by atomic mass is 16.5. The molecule has 2 amide bonds. The number of hydrogen-bond acceptors (Lipinski definition) is 3. The fourth-order valence-electron chi connectivity index (χ4n) is 4.36. The van der Waals surface area contributed by atoms with E-state index in [0.29, 0.717) is 18.5 Å². The molecule has 0 aliphatic carbocycles. The van der Waals surface area contributed by atoms with Crippen LogP contribution in [0.2, 0.25) is 0 Å². The number of amides is 2. The zero-order chi connectivity index (χ0) is 17.8. The molecule has 1 N–H and O–H groups in total. The monoisotopic (exact) mass is 345 g/mol. The van der Waals surface area contributed by atoms with E-state index in [4.69, 9.17) is 4.74 Å². The molecule has 0 saturated carbocycles. The van der Waals surface area contributed by atoms with Crippen LogP contribution < -0.4 is 10.1 Å². The number of ether oxygens (including phenoxy) is 1. The van der Waals surface area contributed by atoms with Crippen molar-refractivity contribution >= 4 is 6.03 Å². The smallest absolute Gasteiger partial charge is 0.317 e. The van der Waals surface area contributed by atoms with Gasteiger partial charge in [0.2, 0.25) is 0 Å². The van der Waals surface area contributed by atoms with Gasteiger partial charge in [-0.25, -0.2) is 4.79 Å². The fourth-order valence-corrected chi connectivity index (χ4v) is 4.36. The number of rotatable bonds is 4. The Bertz CT molecular complexity index is 592. The standard InChI is InChI=1S/C20H31N3O2/c1-15(17-8-4-5-9-19(17)25-3)13-21-20(24)23-11-6-7-16-14-22(2)12-10-18(16)23/h4-5,8-9,15-16,18H,6-7,10-14H2,1-3H3,(H,21,24)/t15-,16-,18+/m1/s1. The van der Waals surface area contributed by atoms with E-state index in [1.165, 1.54) is 6.42 Å². The van der Waals surface area contributed by atoms with Crippen molar-refractivity contribution in [1.29, 1.82) is 0 Å². The SMILES string of the molecule is COc1ccccc1[C@H](C)CNC(=O)N1CCC[C@@H]2CN(C)CC[C@@H]21. The second-order valence-corrected chi connectivity index (χ2v) is 7.54. The fraction of sp³-hybridized carbons (Fsp3) is 0.650. The Hall–Kier alpha value is -1.75. The minimum atomic E-state index is 0.0981. The van der Waals surface area contributed by atoms with Gasteiger partial charge in [0.25, 0.3) is 0 Å². The minimum Gasteiger partial charge on any atom is -0.496 e. The van der Waals surface area contributed by atoms with E-state index in [-0.39, 0.29) is 11.9 Å². The molecule has 1 aromatic rings. The number of nitrogens with one attached hydrogen (secondary N) is 1. The number of carbonyl (C=O) groups excluding carboxylic acids is 1. The summed E-state index contributed by atoms with van der Waals surface area (Å²) in [6.45, 7) is 5.86. The summed E-state index contributed by atoms with van der Waals surface area (Å²) in [5.41, 5.74) is 1.14. The first kappa shape index (κ1) is 18.1. The average molecular weight is 345 g/mol. The molecule has 5 nitrogen and oxygen atoms in total. The molecule has 1 aromatic carbocycles. The van der Waals surface area contributed by atoms with E-state index in [0.717, 1.165) is 43.8 Å². The molecule has 25 heavy (non-hydrogen) atoms. The summed E-state index contributed by atoms with van der Waals surface area (Å²) in [5.74, 6) is 1.74. The molecule has 5 heteroatoms. The van der Waals surface area contributed by atoms with Crippen molar-refractivity contribution in [1.82, 2.24) is 15.1 Å². The Kier molecular flexibility index (Phi) is 5.84. The molecule has 3 rings (SSSR count). The third-order valence-electron chi connectivity index (χ3n) is 5.76. The third kappa shape index (κ3) is 4.09. The van der Waals surface area contributed by atoms with Crippen molar-refractivity contribution in [3.05, 3.63) is 29.8 Å². The van der Waals surface area contributed by atoms with Crippen LogP contribution in [0.15, 0.2) is 24.3 Å². The maximum atomic E-state index is 12.8. The van der Waals surface area contributed by atoms with Crippen LogP contribution in [0.4, 0.5) is 4.79 Å². The highest BCUT2D eigenvalue weighted by molar-refractivity contribution is 5.74. The number of urea groups is 1. The number of carbonyl (C=O) groups is 1. The highest BCUT2D eigenvalue weighted by Crippen LogP contribution is 2.30. The van der Waals surface area contributed by atoms with Crippen LogP contribution in [0, 0.1) is 5.92 Å². The van der Waals surface area contributed by atoms with Crippen LogP contribution in [0.3, 0.4) is 0 Å². The molecule has 2 aliphatic rings. The van der Waals surface area contributed by atoms with Gasteiger partial charge in [0, 0.05) is 31.6 Å². The number of methoxy groups -OCH3 is 1. The van der Waals surface area contributed by atoms with Crippen molar-refractivity contribution in [2.75, 3.05) is 40.3 Å². The first-order valence-electron chi connectivity index (χ1n) is 9.46. The van der Waals surface area contributed by atoms with E-state index in [1.807, 2.05) is 18.2 Å². The lowest BCUT2D eigenvalue weighted by Crippen LogP contribution is -2.57. The lowest BCUT2D eigenvalue weighted by atomic mass is 9.84. The van der Waals surface area contributed by atoms with Crippen molar-refractivity contribution in [3.8, 4) is 5.75 Å². The number of para-hydroxylation sites is 1. The lowest BCUT2D eigenvalue weighted by molar-refractivity contribution is 0.0533. The maximum absolute atomic E-state index is 12.8. The molecule has 2 heterocycles. The molecule has 0 aromatic heterocycles. The molecule has 2 aliphatic heterocycles. The van der Waals surface area contributed by atoms with Gasteiger partial charge in [-0.15, -0.1) is 0 Å². The van der Waals surface area contributed by atoms with Crippen LogP contribution in [-0.2, 0) is 0 Å². The van der Waals surface area contributed by atoms with E-state index < -0.39 is 0 Å². The Balaban J connectivity index is 1.58. The number of likely N-dealkylation sites (tertiary alicyclic amines) is 2. The van der Waals surface area contributed by atoms with Gasteiger partial charge in [0.05, 0.1) is 7.11 Å². The summed E-state index contributed by atoms with van der Waals surface area (Å²) in [6.07, 6.45) is 3.46. The summed E-state index contributed by atoms with van der Waals surface area (Å²) < 4.78 is 5.44. The number of benzene rings is 1. The van der Waals surface area contributed by atoms with Gasteiger partial charge in [-0.2, -0.15) is 0 Å². The summed E-state index contributed by atoms with van der Waals surface area (Å²) in [7, 11) is 3.88. The van der Waals surface area contributed by atoms with Crippen molar-refractivity contribution in [2.24, 2.45) is 5.92 Å². The van der Waals surface area contributed by atoms with Crippen LogP contribution in [-0.4, -0.2) is 62.2 Å². The van der Waals surface area contributed by atoms with Crippen molar-refractivity contribution in [2.45, 2.75) is 38.1 Å². The molecule has 2 saturated heterocycles.